The highest BCUT2D eigenvalue weighted by Gasteiger charge is 2.36. The maximum Gasteiger partial charge on any atom is 0.433 e. The molecule has 0 unspecified atom stereocenters. The lowest BCUT2D eigenvalue weighted by Crippen LogP contribution is -2.25. The van der Waals surface area contributed by atoms with E-state index in [1.54, 1.807) is 12.1 Å². The van der Waals surface area contributed by atoms with Crippen LogP contribution in [0.3, 0.4) is 0 Å². The molecule has 0 amide bonds. The second kappa shape index (κ2) is 4.87. The van der Waals surface area contributed by atoms with Crippen molar-refractivity contribution in [3.05, 3.63) is 29.8 Å². The second-order valence-electron chi connectivity index (χ2n) is 3.07. The van der Waals surface area contributed by atoms with E-state index in [0.717, 1.165) is 0 Å². The summed E-state index contributed by atoms with van der Waals surface area (Å²) >= 11 is 0. The van der Waals surface area contributed by atoms with Crippen molar-refractivity contribution in [3.8, 4) is 5.75 Å². The van der Waals surface area contributed by atoms with Gasteiger partial charge in [-0.05, 0) is 17.7 Å². The number of alkyl halides is 3. The number of hydrogen-bond donors (Lipinski definition) is 1. The van der Waals surface area contributed by atoms with Gasteiger partial charge in [0.1, 0.15) is 5.75 Å². The predicted octanol–water partition coefficient (Wildman–Crippen LogP) is 2.63. The van der Waals surface area contributed by atoms with E-state index in [0.29, 0.717) is 11.3 Å². The Morgan fingerprint density at radius 3 is 2.25 bits per heavy atom. The predicted molar refractivity (Wildman–Crippen MR) is 52.0 cm³/mol. The minimum absolute atomic E-state index is 0.394. The van der Waals surface area contributed by atoms with E-state index in [-0.39, 0.29) is 0 Å². The zero-order valence-electron chi connectivity index (χ0n) is 8.45. The molecular formula is C10H10F3NO2. The van der Waals surface area contributed by atoms with Crippen LogP contribution in [0.5, 0.6) is 5.75 Å². The van der Waals surface area contributed by atoms with Crippen LogP contribution in [0.4, 0.5) is 13.2 Å². The summed E-state index contributed by atoms with van der Waals surface area (Å²) in [7, 11) is 1.46. The Hall–Kier alpha value is -1.72. The lowest BCUT2D eigenvalue weighted by molar-refractivity contribution is -0.0622. The molecule has 0 saturated heterocycles. The van der Waals surface area contributed by atoms with Crippen LogP contribution >= 0.6 is 0 Å². The molecule has 0 aliphatic rings. The third-order valence-electron chi connectivity index (χ3n) is 1.98. The largest absolute Gasteiger partial charge is 0.497 e. The first kappa shape index (κ1) is 12.4. The zero-order chi connectivity index (χ0) is 12.2. The van der Waals surface area contributed by atoms with Crippen molar-refractivity contribution in [1.82, 2.24) is 0 Å². The van der Waals surface area contributed by atoms with Crippen molar-refractivity contribution in [1.29, 1.82) is 0 Å². The molecule has 0 saturated carbocycles. The molecule has 6 heteroatoms. The van der Waals surface area contributed by atoms with Crippen molar-refractivity contribution < 1.29 is 23.1 Å². The molecule has 1 rings (SSSR count). The summed E-state index contributed by atoms with van der Waals surface area (Å²) in [6.45, 7) is 0. The number of oxime groups is 1. The average Bonchev–Trinajstić information content (AvgIpc) is 2.25. The Morgan fingerprint density at radius 2 is 1.88 bits per heavy atom. The molecule has 0 heterocycles. The van der Waals surface area contributed by atoms with Crippen molar-refractivity contribution in [2.24, 2.45) is 5.16 Å². The summed E-state index contributed by atoms with van der Waals surface area (Å²) in [5.74, 6) is 0.554. The van der Waals surface area contributed by atoms with Gasteiger partial charge in [0.15, 0.2) is 5.71 Å². The van der Waals surface area contributed by atoms with Crippen LogP contribution in [0, 0.1) is 0 Å². The number of methoxy groups -OCH3 is 1. The van der Waals surface area contributed by atoms with Gasteiger partial charge in [-0.15, -0.1) is 0 Å². The highest BCUT2D eigenvalue weighted by Crippen LogP contribution is 2.21. The Morgan fingerprint density at radius 1 is 1.31 bits per heavy atom. The topological polar surface area (TPSA) is 41.8 Å². The maximum atomic E-state index is 12.2. The number of halogens is 3. The standard InChI is InChI=1S/C10H10F3NO2/c1-16-8-4-2-7(3-5-8)6-9(14-15)10(11,12)13/h2-5,15H,6H2,1H3/b14-9-. The molecule has 88 valence electrons. The molecule has 1 N–H and O–H groups in total. The summed E-state index contributed by atoms with van der Waals surface area (Å²) in [6.07, 6.45) is -5.08. The second-order valence-corrected chi connectivity index (χ2v) is 3.07. The van der Waals surface area contributed by atoms with E-state index in [1.807, 2.05) is 0 Å². The van der Waals surface area contributed by atoms with Gasteiger partial charge < -0.3 is 9.94 Å². The monoisotopic (exact) mass is 233 g/mol. The Kier molecular flexibility index (Phi) is 3.76. The SMILES string of the molecule is COc1ccc(C/C(=N/O)C(F)(F)F)cc1. The molecule has 0 radical (unpaired) electrons. The van der Waals surface area contributed by atoms with Crippen LogP contribution in [-0.2, 0) is 6.42 Å². The molecule has 0 bridgehead atoms. The number of nitrogens with zero attached hydrogens (tertiary/aromatic N) is 1. The quantitative estimate of drug-likeness (QED) is 0.495. The van der Waals surface area contributed by atoms with Gasteiger partial charge in [-0.3, -0.25) is 0 Å². The van der Waals surface area contributed by atoms with Gasteiger partial charge in [-0.25, -0.2) is 0 Å². The van der Waals surface area contributed by atoms with Crippen LogP contribution in [0.25, 0.3) is 0 Å². The minimum Gasteiger partial charge on any atom is -0.497 e. The minimum atomic E-state index is -4.62. The van der Waals surface area contributed by atoms with E-state index in [9.17, 15) is 13.2 Å². The van der Waals surface area contributed by atoms with E-state index in [1.165, 1.54) is 19.2 Å². The molecule has 0 aliphatic heterocycles. The molecule has 1 aromatic rings. The molecule has 0 aromatic heterocycles. The summed E-state index contributed by atoms with van der Waals surface area (Å²) in [6, 6.07) is 6.05. The zero-order valence-corrected chi connectivity index (χ0v) is 8.45. The lowest BCUT2D eigenvalue weighted by atomic mass is 10.1. The van der Waals surface area contributed by atoms with Gasteiger partial charge in [0, 0.05) is 6.42 Å². The van der Waals surface area contributed by atoms with Crippen LogP contribution in [0.1, 0.15) is 5.56 Å². The van der Waals surface area contributed by atoms with Gasteiger partial charge in [0.05, 0.1) is 7.11 Å². The van der Waals surface area contributed by atoms with Crippen LogP contribution in [-0.4, -0.2) is 24.2 Å². The molecule has 3 nitrogen and oxygen atoms in total. The van der Waals surface area contributed by atoms with Crippen LogP contribution in [0.15, 0.2) is 29.4 Å². The maximum absolute atomic E-state index is 12.2. The number of ether oxygens (including phenoxy) is 1. The van der Waals surface area contributed by atoms with E-state index < -0.39 is 18.3 Å². The van der Waals surface area contributed by atoms with Gasteiger partial charge in [-0.1, -0.05) is 17.3 Å². The molecule has 1 aromatic carbocycles. The van der Waals surface area contributed by atoms with Crippen molar-refractivity contribution in [3.63, 3.8) is 0 Å². The first-order valence-corrected chi connectivity index (χ1v) is 4.38. The summed E-state index contributed by atoms with van der Waals surface area (Å²) in [5, 5.41) is 10.5. The van der Waals surface area contributed by atoms with E-state index in [2.05, 4.69) is 5.16 Å². The molecular weight excluding hydrogens is 223 g/mol. The van der Waals surface area contributed by atoms with Gasteiger partial charge in [0.2, 0.25) is 0 Å². The third kappa shape index (κ3) is 3.15. The Bertz CT molecular complexity index is 371. The van der Waals surface area contributed by atoms with Crippen LogP contribution in [0.2, 0.25) is 0 Å². The van der Waals surface area contributed by atoms with Crippen molar-refractivity contribution >= 4 is 5.71 Å². The molecule has 0 fully saturated rings. The van der Waals surface area contributed by atoms with Gasteiger partial charge >= 0.3 is 6.18 Å². The van der Waals surface area contributed by atoms with Crippen molar-refractivity contribution in [2.45, 2.75) is 12.6 Å². The fourth-order valence-corrected chi connectivity index (χ4v) is 1.13. The lowest BCUT2D eigenvalue weighted by Gasteiger charge is -2.08. The molecule has 0 spiro atoms. The Labute approximate surface area is 90.1 Å². The van der Waals surface area contributed by atoms with Crippen LogP contribution < -0.4 is 4.74 Å². The molecule has 0 atom stereocenters. The van der Waals surface area contributed by atoms with Crippen molar-refractivity contribution in [2.75, 3.05) is 7.11 Å². The van der Waals surface area contributed by atoms with E-state index in [4.69, 9.17) is 9.94 Å². The first-order valence-electron chi connectivity index (χ1n) is 4.38. The fraction of sp³-hybridized carbons (Fsp3) is 0.300. The van der Waals surface area contributed by atoms with Gasteiger partial charge in [0.25, 0.3) is 0 Å². The summed E-state index contributed by atoms with van der Waals surface area (Å²) in [4.78, 5) is 0. The molecule has 16 heavy (non-hydrogen) atoms. The van der Waals surface area contributed by atoms with E-state index >= 15 is 0 Å². The number of rotatable bonds is 3. The number of benzene rings is 1. The summed E-state index contributed by atoms with van der Waals surface area (Å²) < 4.78 is 41.6. The Balaban J connectivity index is 2.80. The highest BCUT2D eigenvalue weighted by molar-refractivity contribution is 5.91. The number of hydrogen-bond acceptors (Lipinski definition) is 3. The average molecular weight is 233 g/mol. The molecule has 0 aliphatic carbocycles. The summed E-state index contributed by atoms with van der Waals surface area (Å²) in [5.41, 5.74) is -0.830. The highest BCUT2D eigenvalue weighted by atomic mass is 19.4. The smallest absolute Gasteiger partial charge is 0.433 e. The van der Waals surface area contributed by atoms with Gasteiger partial charge in [-0.2, -0.15) is 13.2 Å². The first-order chi connectivity index (χ1) is 7.47. The third-order valence-corrected chi connectivity index (χ3v) is 1.98. The fourth-order valence-electron chi connectivity index (χ4n) is 1.13. The normalized spacial score (nSPS) is 12.6.